The monoisotopic (exact) mass is 255 g/mol. The summed E-state index contributed by atoms with van der Waals surface area (Å²) < 4.78 is 0. The van der Waals surface area contributed by atoms with E-state index in [9.17, 15) is 9.59 Å². The largest absolute Gasteiger partial charge is 0.481 e. The molecule has 2 atom stereocenters. The minimum atomic E-state index is -1.12. The Kier molecular flexibility index (Phi) is 6.79. The molecule has 5 nitrogen and oxygen atoms in total. The molecule has 0 aliphatic heterocycles. The van der Waals surface area contributed by atoms with Crippen molar-refractivity contribution in [3.63, 3.8) is 0 Å². The van der Waals surface area contributed by atoms with Gasteiger partial charge in [0.1, 0.15) is 6.04 Å². The molecule has 0 fully saturated rings. The van der Waals surface area contributed by atoms with Crippen LogP contribution >= 0.6 is 17.0 Å². The van der Waals surface area contributed by atoms with Crippen molar-refractivity contribution in [2.75, 3.05) is 14.1 Å². The van der Waals surface area contributed by atoms with E-state index in [0.717, 1.165) is 0 Å². The average Bonchev–Trinajstić information content (AvgIpc) is 1.85. The Labute approximate surface area is 87.1 Å². The lowest BCUT2D eigenvalue weighted by molar-refractivity contribution is -0.153. The number of hydrogen-bond donors (Lipinski definition) is 2. The van der Waals surface area contributed by atoms with Gasteiger partial charge in [-0.15, -0.1) is 17.0 Å². The zero-order valence-corrected chi connectivity index (χ0v) is 9.43. The SMILES string of the molecule is Br.C[C@H](C(=O)O)[C@@H](C(=O)O)N(C)C. The quantitative estimate of drug-likeness (QED) is 0.756. The topological polar surface area (TPSA) is 77.8 Å². The molecule has 0 heterocycles. The van der Waals surface area contributed by atoms with Crippen LogP contribution in [0, 0.1) is 5.92 Å². The first-order valence-corrected chi connectivity index (χ1v) is 3.50. The maximum Gasteiger partial charge on any atom is 0.321 e. The van der Waals surface area contributed by atoms with E-state index in [1.54, 1.807) is 0 Å². The van der Waals surface area contributed by atoms with E-state index < -0.39 is 23.9 Å². The molecule has 6 heteroatoms. The number of aliphatic carboxylic acids is 2. The van der Waals surface area contributed by atoms with Gasteiger partial charge in [0.15, 0.2) is 0 Å². The highest BCUT2D eigenvalue weighted by Crippen LogP contribution is 2.08. The summed E-state index contributed by atoms with van der Waals surface area (Å²) in [6.45, 7) is 1.38. The molecule has 0 aromatic heterocycles. The molecule has 0 radical (unpaired) electrons. The molecule has 0 aliphatic carbocycles. The van der Waals surface area contributed by atoms with Crippen LogP contribution in [0.5, 0.6) is 0 Å². The zero-order chi connectivity index (χ0) is 9.89. The molecule has 0 saturated heterocycles. The first-order chi connectivity index (χ1) is 5.37. The van der Waals surface area contributed by atoms with Gasteiger partial charge in [0, 0.05) is 0 Å². The third kappa shape index (κ3) is 4.23. The lowest BCUT2D eigenvalue weighted by Crippen LogP contribution is -2.43. The number of carboxylic acid groups (broad SMARTS) is 2. The summed E-state index contributed by atoms with van der Waals surface area (Å²) in [6, 6.07) is -0.970. The molecule has 13 heavy (non-hydrogen) atoms. The Morgan fingerprint density at radius 2 is 1.54 bits per heavy atom. The highest BCUT2D eigenvalue weighted by molar-refractivity contribution is 8.93. The number of halogens is 1. The van der Waals surface area contributed by atoms with Crippen LogP contribution in [0.15, 0.2) is 0 Å². The standard InChI is InChI=1S/C7H13NO4.BrH/c1-4(6(9)10)5(7(11)12)8(2)3;/h4-5H,1-3H3,(H,9,10)(H,11,12);1H/t4-,5-;/m0./s1. The normalized spacial score (nSPS) is 14.5. The van der Waals surface area contributed by atoms with Crippen molar-refractivity contribution < 1.29 is 19.8 Å². The maximum atomic E-state index is 10.6. The summed E-state index contributed by atoms with van der Waals surface area (Å²) in [7, 11) is 3.08. The second-order valence-corrected chi connectivity index (χ2v) is 2.87. The van der Waals surface area contributed by atoms with Crippen molar-refractivity contribution in [1.29, 1.82) is 0 Å². The van der Waals surface area contributed by atoms with Crippen molar-refractivity contribution in [3.05, 3.63) is 0 Å². The van der Waals surface area contributed by atoms with Gasteiger partial charge < -0.3 is 10.2 Å². The highest BCUT2D eigenvalue weighted by atomic mass is 79.9. The molecule has 0 spiro atoms. The van der Waals surface area contributed by atoms with E-state index >= 15 is 0 Å². The van der Waals surface area contributed by atoms with Gasteiger partial charge in [0.25, 0.3) is 0 Å². The van der Waals surface area contributed by atoms with Gasteiger partial charge in [0.2, 0.25) is 0 Å². The number of hydrogen-bond acceptors (Lipinski definition) is 3. The van der Waals surface area contributed by atoms with Crippen LogP contribution in [0.3, 0.4) is 0 Å². The molecule has 0 aromatic rings. The first kappa shape index (κ1) is 14.9. The minimum Gasteiger partial charge on any atom is -0.481 e. The predicted octanol–water partition coefficient (Wildman–Crippen LogP) is 0.300. The predicted molar refractivity (Wildman–Crippen MR) is 52.2 cm³/mol. The van der Waals surface area contributed by atoms with E-state index in [2.05, 4.69) is 0 Å². The van der Waals surface area contributed by atoms with Crippen LogP contribution in [0.4, 0.5) is 0 Å². The lowest BCUT2D eigenvalue weighted by Gasteiger charge is -2.23. The number of rotatable bonds is 4. The highest BCUT2D eigenvalue weighted by Gasteiger charge is 2.31. The lowest BCUT2D eigenvalue weighted by atomic mass is 10.0. The second kappa shape index (κ2) is 5.93. The molecule has 78 valence electrons. The van der Waals surface area contributed by atoms with Gasteiger partial charge in [0.05, 0.1) is 5.92 Å². The Hall–Kier alpha value is -0.620. The Morgan fingerprint density at radius 3 is 1.62 bits per heavy atom. The molecule has 0 aromatic carbocycles. The summed E-state index contributed by atoms with van der Waals surface area (Å²) in [5.41, 5.74) is 0. The summed E-state index contributed by atoms with van der Waals surface area (Å²) in [4.78, 5) is 22.4. The number of nitrogens with zero attached hydrogens (tertiary/aromatic N) is 1. The molecular formula is C7H14BrNO4. The zero-order valence-electron chi connectivity index (χ0n) is 7.72. The third-order valence-electron chi connectivity index (χ3n) is 1.67. The van der Waals surface area contributed by atoms with Crippen LogP contribution in [0.2, 0.25) is 0 Å². The van der Waals surface area contributed by atoms with E-state index in [1.807, 2.05) is 0 Å². The van der Waals surface area contributed by atoms with Crippen LogP contribution < -0.4 is 0 Å². The fourth-order valence-corrected chi connectivity index (χ4v) is 1.02. The van der Waals surface area contributed by atoms with E-state index in [0.29, 0.717) is 0 Å². The molecule has 2 N–H and O–H groups in total. The summed E-state index contributed by atoms with van der Waals surface area (Å²) in [6.07, 6.45) is 0. The van der Waals surface area contributed by atoms with E-state index in [4.69, 9.17) is 10.2 Å². The van der Waals surface area contributed by atoms with Gasteiger partial charge in [-0.2, -0.15) is 0 Å². The van der Waals surface area contributed by atoms with Gasteiger partial charge in [-0.3, -0.25) is 14.5 Å². The summed E-state index contributed by atoms with van der Waals surface area (Å²) >= 11 is 0. The molecule has 0 unspecified atom stereocenters. The van der Waals surface area contributed by atoms with Gasteiger partial charge in [-0.05, 0) is 21.0 Å². The molecule has 0 saturated carbocycles. The Morgan fingerprint density at radius 1 is 1.15 bits per heavy atom. The van der Waals surface area contributed by atoms with Crippen molar-refractivity contribution in [1.82, 2.24) is 4.90 Å². The number of carboxylic acids is 2. The van der Waals surface area contributed by atoms with Crippen LogP contribution in [0.25, 0.3) is 0 Å². The van der Waals surface area contributed by atoms with Crippen LogP contribution in [0.1, 0.15) is 6.92 Å². The van der Waals surface area contributed by atoms with Gasteiger partial charge in [-0.1, -0.05) is 0 Å². The number of carbonyl (C=O) groups is 2. The fourth-order valence-electron chi connectivity index (χ4n) is 1.02. The number of likely N-dealkylation sites (N-methyl/N-ethyl adjacent to an activating group) is 1. The van der Waals surface area contributed by atoms with Crippen molar-refractivity contribution in [2.45, 2.75) is 13.0 Å². The molecule has 0 rings (SSSR count). The maximum absolute atomic E-state index is 10.6. The van der Waals surface area contributed by atoms with Crippen molar-refractivity contribution >= 4 is 28.9 Å². The Balaban J connectivity index is 0. The second-order valence-electron chi connectivity index (χ2n) is 2.87. The smallest absolute Gasteiger partial charge is 0.321 e. The fraction of sp³-hybridized carbons (Fsp3) is 0.714. The third-order valence-corrected chi connectivity index (χ3v) is 1.67. The molecule has 0 aliphatic rings. The van der Waals surface area contributed by atoms with Gasteiger partial charge in [-0.25, -0.2) is 0 Å². The van der Waals surface area contributed by atoms with E-state index in [1.165, 1.54) is 25.9 Å². The first-order valence-electron chi connectivity index (χ1n) is 3.50. The molecule has 0 bridgehead atoms. The molecular weight excluding hydrogens is 242 g/mol. The van der Waals surface area contributed by atoms with Crippen molar-refractivity contribution in [3.8, 4) is 0 Å². The van der Waals surface area contributed by atoms with Crippen LogP contribution in [-0.4, -0.2) is 47.2 Å². The van der Waals surface area contributed by atoms with Crippen molar-refractivity contribution in [2.24, 2.45) is 5.92 Å². The summed E-state index contributed by atoms with van der Waals surface area (Å²) in [5.74, 6) is -3.12. The minimum absolute atomic E-state index is 0. The Bertz CT molecular complexity index is 195. The van der Waals surface area contributed by atoms with E-state index in [-0.39, 0.29) is 17.0 Å². The van der Waals surface area contributed by atoms with Gasteiger partial charge >= 0.3 is 11.9 Å². The summed E-state index contributed by atoms with van der Waals surface area (Å²) in [5, 5.41) is 17.2. The molecule has 0 amide bonds. The average molecular weight is 256 g/mol. The van der Waals surface area contributed by atoms with Crippen LogP contribution in [-0.2, 0) is 9.59 Å².